The van der Waals surface area contributed by atoms with E-state index in [2.05, 4.69) is 0 Å². The van der Waals surface area contributed by atoms with Crippen molar-refractivity contribution in [1.82, 2.24) is 0 Å². The van der Waals surface area contributed by atoms with Crippen LogP contribution in [-0.4, -0.2) is 16.1 Å². The lowest BCUT2D eigenvalue weighted by Gasteiger charge is -2.21. The van der Waals surface area contributed by atoms with Gasteiger partial charge in [0, 0.05) is 18.7 Å². The van der Waals surface area contributed by atoms with E-state index in [0.29, 0.717) is 12.2 Å². The Labute approximate surface area is 111 Å². The molecular formula is C15H15NO3. The summed E-state index contributed by atoms with van der Waals surface area (Å²) in [5.74, 6) is 0.144. The van der Waals surface area contributed by atoms with Crippen LogP contribution in [0.2, 0.25) is 0 Å². The molecule has 0 aliphatic carbocycles. The van der Waals surface area contributed by atoms with Gasteiger partial charge >= 0.3 is 0 Å². The Hall–Kier alpha value is -2.49. The molecule has 0 saturated heterocycles. The van der Waals surface area contributed by atoms with E-state index in [0.717, 1.165) is 5.56 Å². The van der Waals surface area contributed by atoms with Crippen molar-refractivity contribution in [2.24, 2.45) is 0 Å². The number of amides is 1. The predicted molar refractivity (Wildman–Crippen MR) is 73.1 cm³/mol. The Morgan fingerprint density at radius 3 is 2.26 bits per heavy atom. The number of carbonyl (C=O) groups is 1. The Morgan fingerprint density at radius 2 is 1.68 bits per heavy atom. The van der Waals surface area contributed by atoms with Crippen molar-refractivity contribution >= 4 is 11.6 Å². The third-order valence-corrected chi connectivity index (χ3v) is 2.77. The zero-order valence-electron chi connectivity index (χ0n) is 10.6. The summed E-state index contributed by atoms with van der Waals surface area (Å²) in [6, 6.07) is 13.3. The molecule has 1 amide bonds. The number of hydrogen-bond acceptors (Lipinski definition) is 3. The van der Waals surface area contributed by atoms with Crippen molar-refractivity contribution in [3.8, 4) is 11.5 Å². The predicted octanol–water partition coefficient (Wildman–Crippen LogP) is 2.65. The first-order chi connectivity index (χ1) is 9.06. The maximum absolute atomic E-state index is 11.7. The number of benzene rings is 2. The van der Waals surface area contributed by atoms with Gasteiger partial charge in [0.1, 0.15) is 11.5 Å². The Balaban J connectivity index is 2.29. The van der Waals surface area contributed by atoms with Gasteiger partial charge in [-0.15, -0.1) is 0 Å². The molecule has 0 bridgehead atoms. The van der Waals surface area contributed by atoms with Crippen LogP contribution in [-0.2, 0) is 11.3 Å². The zero-order valence-corrected chi connectivity index (χ0v) is 10.6. The summed E-state index contributed by atoms with van der Waals surface area (Å²) in [4.78, 5) is 13.3. The third-order valence-electron chi connectivity index (χ3n) is 2.77. The fraction of sp³-hybridized carbons (Fsp3) is 0.133. The first kappa shape index (κ1) is 13.0. The van der Waals surface area contributed by atoms with Crippen LogP contribution in [0.1, 0.15) is 12.5 Å². The molecule has 0 aromatic heterocycles. The van der Waals surface area contributed by atoms with Gasteiger partial charge in [-0.3, -0.25) is 4.79 Å². The minimum absolute atomic E-state index is 0.111. The summed E-state index contributed by atoms with van der Waals surface area (Å²) >= 11 is 0. The molecule has 0 saturated carbocycles. The van der Waals surface area contributed by atoms with Crippen LogP contribution in [0.15, 0.2) is 48.5 Å². The molecule has 0 radical (unpaired) electrons. The summed E-state index contributed by atoms with van der Waals surface area (Å²) in [7, 11) is 0. The standard InChI is InChI=1S/C15H15NO3/c1-11(17)16(13-5-3-7-15(19)9-13)10-12-4-2-6-14(18)8-12/h2-9,18-19H,10H2,1H3. The van der Waals surface area contributed by atoms with E-state index >= 15 is 0 Å². The molecule has 2 rings (SSSR count). The van der Waals surface area contributed by atoms with Crippen molar-refractivity contribution in [3.63, 3.8) is 0 Å². The molecule has 4 nitrogen and oxygen atoms in total. The first-order valence-corrected chi connectivity index (χ1v) is 5.91. The molecule has 0 unspecified atom stereocenters. The maximum atomic E-state index is 11.7. The highest BCUT2D eigenvalue weighted by atomic mass is 16.3. The highest BCUT2D eigenvalue weighted by Crippen LogP contribution is 2.23. The molecule has 0 heterocycles. The number of carbonyl (C=O) groups excluding carboxylic acids is 1. The van der Waals surface area contributed by atoms with Crippen molar-refractivity contribution in [2.45, 2.75) is 13.5 Å². The van der Waals surface area contributed by atoms with Crippen molar-refractivity contribution in [3.05, 3.63) is 54.1 Å². The Morgan fingerprint density at radius 1 is 1.05 bits per heavy atom. The van der Waals surface area contributed by atoms with Crippen LogP contribution >= 0.6 is 0 Å². The van der Waals surface area contributed by atoms with E-state index in [9.17, 15) is 15.0 Å². The van der Waals surface area contributed by atoms with Crippen LogP contribution in [0.3, 0.4) is 0 Å². The zero-order chi connectivity index (χ0) is 13.8. The molecule has 2 aromatic carbocycles. The Bertz CT molecular complexity index is 595. The molecule has 0 fully saturated rings. The van der Waals surface area contributed by atoms with Crippen LogP contribution in [0.4, 0.5) is 5.69 Å². The summed E-state index contributed by atoms with van der Waals surface area (Å²) in [5.41, 5.74) is 1.44. The average Bonchev–Trinajstić information content (AvgIpc) is 2.35. The van der Waals surface area contributed by atoms with E-state index in [1.54, 1.807) is 36.4 Å². The minimum Gasteiger partial charge on any atom is -0.508 e. The monoisotopic (exact) mass is 257 g/mol. The first-order valence-electron chi connectivity index (χ1n) is 5.91. The summed E-state index contributed by atoms with van der Waals surface area (Å²) in [6.07, 6.45) is 0. The fourth-order valence-corrected chi connectivity index (χ4v) is 1.88. The van der Waals surface area contributed by atoms with Crippen molar-refractivity contribution in [2.75, 3.05) is 4.90 Å². The number of nitrogens with zero attached hydrogens (tertiary/aromatic N) is 1. The Kier molecular flexibility index (Phi) is 3.71. The molecule has 0 atom stereocenters. The molecule has 2 aromatic rings. The third kappa shape index (κ3) is 3.25. The normalized spacial score (nSPS) is 10.2. The van der Waals surface area contributed by atoms with E-state index in [-0.39, 0.29) is 17.4 Å². The molecule has 0 aliphatic rings. The van der Waals surface area contributed by atoms with Gasteiger partial charge in [0.2, 0.25) is 5.91 Å². The van der Waals surface area contributed by atoms with Gasteiger partial charge in [0.05, 0.1) is 6.54 Å². The molecule has 0 spiro atoms. The van der Waals surface area contributed by atoms with E-state index in [1.807, 2.05) is 6.07 Å². The molecule has 98 valence electrons. The van der Waals surface area contributed by atoms with Crippen LogP contribution in [0.25, 0.3) is 0 Å². The second-order valence-electron chi connectivity index (χ2n) is 4.29. The van der Waals surface area contributed by atoms with E-state index in [1.165, 1.54) is 17.9 Å². The van der Waals surface area contributed by atoms with Crippen LogP contribution in [0, 0.1) is 0 Å². The number of aromatic hydroxyl groups is 2. The van der Waals surface area contributed by atoms with Gasteiger partial charge in [0.25, 0.3) is 0 Å². The topological polar surface area (TPSA) is 60.8 Å². The fourth-order valence-electron chi connectivity index (χ4n) is 1.88. The highest BCUT2D eigenvalue weighted by molar-refractivity contribution is 5.91. The van der Waals surface area contributed by atoms with Crippen molar-refractivity contribution < 1.29 is 15.0 Å². The molecular weight excluding hydrogens is 242 g/mol. The lowest BCUT2D eigenvalue weighted by atomic mass is 10.2. The number of anilines is 1. The SMILES string of the molecule is CC(=O)N(Cc1cccc(O)c1)c1cccc(O)c1. The summed E-state index contributed by atoms with van der Waals surface area (Å²) < 4.78 is 0. The molecule has 4 heteroatoms. The number of rotatable bonds is 3. The lowest BCUT2D eigenvalue weighted by Crippen LogP contribution is -2.27. The molecule has 19 heavy (non-hydrogen) atoms. The summed E-state index contributed by atoms with van der Waals surface area (Å²) in [5, 5.41) is 18.9. The quantitative estimate of drug-likeness (QED) is 0.888. The van der Waals surface area contributed by atoms with Gasteiger partial charge < -0.3 is 15.1 Å². The molecule has 2 N–H and O–H groups in total. The average molecular weight is 257 g/mol. The number of phenols is 2. The second kappa shape index (κ2) is 5.44. The lowest BCUT2D eigenvalue weighted by molar-refractivity contribution is -0.116. The molecule has 0 aliphatic heterocycles. The second-order valence-corrected chi connectivity index (χ2v) is 4.29. The number of phenolic OH excluding ortho intramolecular Hbond substituents is 2. The highest BCUT2D eigenvalue weighted by Gasteiger charge is 2.12. The largest absolute Gasteiger partial charge is 0.508 e. The summed E-state index contributed by atoms with van der Waals surface area (Å²) in [6.45, 7) is 1.81. The van der Waals surface area contributed by atoms with Gasteiger partial charge in [-0.1, -0.05) is 18.2 Å². The van der Waals surface area contributed by atoms with Gasteiger partial charge in [-0.05, 0) is 29.8 Å². The maximum Gasteiger partial charge on any atom is 0.224 e. The van der Waals surface area contributed by atoms with Gasteiger partial charge in [0.15, 0.2) is 0 Å². The number of hydrogen-bond donors (Lipinski definition) is 2. The van der Waals surface area contributed by atoms with Crippen molar-refractivity contribution in [1.29, 1.82) is 0 Å². The minimum atomic E-state index is -0.131. The smallest absolute Gasteiger partial charge is 0.224 e. The van der Waals surface area contributed by atoms with Gasteiger partial charge in [-0.25, -0.2) is 0 Å². The van der Waals surface area contributed by atoms with E-state index < -0.39 is 0 Å². The van der Waals surface area contributed by atoms with E-state index in [4.69, 9.17) is 0 Å². The van der Waals surface area contributed by atoms with Gasteiger partial charge in [-0.2, -0.15) is 0 Å². The van der Waals surface area contributed by atoms with Crippen LogP contribution in [0.5, 0.6) is 11.5 Å². The van der Waals surface area contributed by atoms with Crippen LogP contribution < -0.4 is 4.90 Å².